The molecule has 146 valence electrons. The zero-order valence-corrected chi connectivity index (χ0v) is 16.0. The summed E-state index contributed by atoms with van der Waals surface area (Å²) in [4.78, 5) is 19.6. The summed E-state index contributed by atoms with van der Waals surface area (Å²) in [5, 5.41) is 24.2. The van der Waals surface area contributed by atoms with E-state index in [1.165, 1.54) is 0 Å². The first-order chi connectivity index (χ1) is 12.8. The van der Waals surface area contributed by atoms with Gasteiger partial charge in [0.2, 0.25) is 0 Å². The molecule has 0 radical (unpaired) electrons. The standard InChI is InChI=1S/C19H26N4O4/c1-11-8-12(2)23-17(20-11)16(13(3)21-23)18(26)22-6-4-19(5-7-22)9-14(24)15(25)10-27-19/h8,14-15,24-25H,4-7,9-10H2,1-3H3/t14-,15+/m1/s1. The molecule has 0 aliphatic carbocycles. The molecule has 2 aromatic rings. The Morgan fingerprint density at radius 1 is 1.22 bits per heavy atom. The maximum atomic E-state index is 13.2. The largest absolute Gasteiger partial charge is 0.390 e. The van der Waals surface area contributed by atoms with Crippen LogP contribution >= 0.6 is 0 Å². The van der Waals surface area contributed by atoms with Gasteiger partial charge in [-0.15, -0.1) is 0 Å². The highest BCUT2D eigenvalue weighted by Gasteiger charge is 2.44. The fourth-order valence-electron chi connectivity index (χ4n) is 4.25. The van der Waals surface area contributed by atoms with Crippen molar-refractivity contribution >= 4 is 11.6 Å². The minimum atomic E-state index is -0.825. The predicted octanol–water partition coefficient (Wildman–Crippen LogP) is 0.771. The molecule has 1 spiro atoms. The molecule has 4 heterocycles. The average molecular weight is 374 g/mol. The third kappa shape index (κ3) is 3.11. The zero-order chi connectivity index (χ0) is 19.3. The summed E-state index contributed by atoms with van der Waals surface area (Å²) in [5.41, 5.74) is 3.18. The van der Waals surface area contributed by atoms with Gasteiger partial charge in [-0.05, 0) is 39.7 Å². The van der Waals surface area contributed by atoms with Crippen LogP contribution < -0.4 is 0 Å². The quantitative estimate of drug-likeness (QED) is 0.765. The minimum absolute atomic E-state index is 0.0637. The number of carbonyl (C=O) groups excluding carboxylic acids is 1. The molecule has 2 atom stereocenters. The monoisotopic (exact) mass is 374 g/mol. The van der Waals surface area contributed by atoms with Crippen molar-refractivity contribution in [3.05, 3.63) is 28.7 Å². The number of aliphatic hydroxyl groups excluding tert-OH is 2. The maximum absolute atomic E-state index is 13.2. The lowest BCUT2D eigenvalue weighted by Gasteiger charge is -2.46. The van der Waals surface area contributed by atoms with Gasteiger partial charge in [0.1, 0.15) is 11.7 Å². The predicted molar refractivity (Wildman–Crippen MR) is 97.6 cm³/mol. The number of aromatic nitrogens is 3. The van der Waals surface area contributed by atoms with Gasteiger partial charge in [0.15, 0.2) is 5.65 Å². The summed E-state index contributed by atoms with van der Waals surface area (Å²) in [7, 11) is 0. The Morgan fingerprint density at radius 2 is 1.93 bits per heavy atom. The lowest BCUT2D eigenvalue weighted by Crippen LogP contribution is -2.55. The van der Waals surface area contributed by atoms with Gasteiger partial charge in [-0.1, -0.05) is 0 Å². The van der Waals surface area contributed by atoms with Crippen molar-refractivity contribution in [1.29, 1.82) is 0 Å². The van der Waals surface area contributed by atoms with Crippen LogP contribution in [0.4, 0.5) is 0 Å². The summed E-state index contributed by atoms with van der Waals surface area (Å²) >= 11 is 0. The Hall–Kier alpha value is -2.03. The molecule has 2 aliphatic rings. The normalized spacial score (nSPS) is 25.3. The van der Waals surface area contributed by atoms with Gasteiger partial charge < -0.3 is 19.8 Å². The van der Waals surface area contributed by atoms with Crippen LogP contribution in [0.3, 0.4) is 0 Å². The first-order valence-corrected chi connectivity index (χ1v) is 9.43. The second kappa shape index (κ2) is 6.54. The first kappa shape index (κ1) is 18.3. The van der Waals surface area contributed by atoms with E-state index < -0.39 is 17.8 Å². The number of hydrogen-bond donors (Lipinski definition) is 2. The summed E-state index contributed by atoms with van der Waals surface area (Å²) in [6.07, 6.45) is 0.108. The number of aryl methyl sites for hydroxylation is 3. The number of piperidine rings is 1. The molecule has 0 bridgehead atoms. The van der Waals surface area contributed by atoms with E-state index in [9.17, 15) is 15.0 Å². The lowest BCUT2D eigenvalue weighted by atomic mass is 9.82. The van der Waals surface area contributed by atoms with Crippen molar-refractivity contribution < 1.29 is 19.7 Å². The van der Waals surface area contributed by atoms with E-state index in [0.717, 1.165) is 11.4 Å². The SMILES string of the molecule is Cc1cc(C)n2nc(C)c(C(=O)N3CCC4(CC3)C[C@@H](O)[C@@H](O)CO4)c2n1. The molecular weight excluding hydrogens is 348 g/mol. The van der Waals surface area contributed by atoms with Crippen molar-refractivity contribution in [1.82, 2.24) is 19.5 Å². The van der Waals surface area contributed by atoms with Gasteiger partial charge in [-0.25, -0.2) is 9.50 Å². The smallest absolute Gasteiger partial charge is 0.259 e. The molecule has 27 heavy (non-hydrogen) atoms. The van der Waals surface area contributed by atoms with Crippen LogP contribution in [0, 0.1) is 20.8 Å². The van der Waals surface area contributed by atoms with Crippen LogP contribution in [-0.2, 0) is 4.74 Å². The first-order valence-electron chi connectivity index (χ1n) is 9.43. The summed E-state index contributed by atoms with van der Waals surface area (Å²) in [6, 6.07) is 1.94. The van der Waals surface area contributed by atoms with Gasteiger partial charge in [-0.2, -0.15) is 5.10 Å². The van der Waals surface area contributed by atoms with Gasteiger partial charge in [0, 0.05) is 30.9 Å². The third-order valence-electron chi connectivity index (χ3n) is 5.83. The van der Waals surface area contributed by atoms with Crippen LogP contribution in [0.2, 0.25) is 0 Å². The molecule has 2 saturated heterocycles. The number of amides is 1. The van der Waals surface area contributed by atoms with E-state index in [0.29, 0.717) is 49.3 Å². The van der Waals surface area contributed by atoms with Crippen molar-refractivity contribution in [3.8, 4) is 0 Å². The fourth-order valence-corrected chi connectivity index (χ4v) is 4.25. The highest BCUT2D eigenvalue weighted by atomic mass is 16.5. The molecule has 8 heteroatoms. The van der Waals surface area contributed by atoms with Crippen LogP contribution in [0.25, 0.3) is 5.65 Å². The molecular formula is C19H26N4O4. The molecule has 2 aliphatic heterocycles. The van der Waals surface area contributed by atoms with Crippen molar-refractivity contribution in [2.24, 2.45) is 0 Å². The van der Waals surface area contributed by atoms with Gasteiger partial charge in [0.25, 0.3) is 5.91 Å². The summed E-state index contributed by atoms with van der Waals surface area (Å²) in [5.74, 6) is -0.0637. The molecule has 0 aromatic carbocycles. The van der Waals surface area contributed by atoms with E-state index in [1.807, 2.05) is 31.7 Å². The highest BCUT2D eigenvalue weighted by Crippen LogP contribution is 2.35. The Bertz CT molecular complexity index is 885. The van der Waals surface area contributed by atoms with E-state index in [2.05, 4.69) is 10.1 Å². The molecule has 4 rings (SSSR count). The average Bonchev–Trinajstić information content (AvgIpc) is 2.95. The van der Waals surface area contributed by atoms with Gasteiger partial charge in [0.05, 0.1) is 24.0 Å². The number of nitrogens with zero attached hydrogens (tertiary/aromatic N) is 4. The van der Waals surface area contributed by atoms with E-state index in [-0.39, 0.29) is 12.5 Å². The Kier molecular flexibility index (Phi) is 4.44. The van der Waals surface area contributed by atoms with Crippen molar-refractivity contribution in [2.45, 2.75) is 57.8 Å². The number of aliphatic hydroxyl groups is 2. The van der Waals surface area contributed by atoms with Gasteiger partial charge in [-0.3, -0.25) is 4.79 Å². The van der Waals surface area contributed by atoms with E-state index in [4.69, 9.17) is 4.74 Å². The Labute approximate surface area is 157 Å². The minimum Gasteiger partial charge on any atom is -0.390 e. The maximum Gasteiger partial charge on any atom is 0.259 e. The lowest BCUT2D eigenvalue weighted by molar-refractivity contribution is -0.185. The number of fused-ring (bicyclic) bond motifs is 1. The van der Waals surface area contributed by atoms with E-state index in [1.54, 1.807) is 4.52 Å². The molecule has 2 aromatic heterocycles. The fraction of sp³-hybridized carbons (Fsp3) is 0.632. The number of hydrogen-bond acceptors (Lipinski definition) is 6. The second-order valence-electron chi connectivity index (χ2n) is 7.86. The van der Waals surface area contributed by atoms with Crippen LogP contribution in [0.1, 0.15) is 46.7 Å². The molecule has 0 saturated carbocycles. The van der Waals surface area contributed by atoms with Crippen LogP contribution in [-0.4, -0.2) is 73.1 Å². The van der Waals surface area contributed by atoms with Crippen LogP contribution in [0.15, 0.2) is 6.07 Å². The van der Waals surface area contributed by atoms with Crippen LogP contribution in [0.5, 0.6) is 0 Å². The molecule has 8 nitrogen and oxygen atoms in total. The number of rotatable bonds is 1. The van der Waals surface area contributed by atoms with Crippen molar-refractivity contribution in [2.75, 3.05) is 19.7 Å². The Balaban J connectivity index is 1.55. The summed E-state index contributed by atoms with van der Waals surface area (Å²) < 4.78 is 7.58. The number of ether oxygens (including phenoxy) is 1. The molecule has 2 N–H and O–H groups in total. The number of likely N-dealkylation sites (tertiary alicyclic amines) is 1. The van der Waals surface area contributed by atoms with E-state index >= 15 is 0 Å². The summed E-state index contributed by atoms with van der Waals surface area (Å²) in [6.45, 7) is 6.93. The number of carbonyl (C=O) groups is 1. The molecule has 0 unspecified atom stereocenters. The van der Waals surface area contributed by atoms with Crippen molar-refractivity contribution in [3.63, 3.8) is 0 Å². The third-order valence-corrected chi connectivity index (χ3v) is 5.83. The molecule has 2 fully saturated rings. The topological polar surface area (TPSA) is 100 Å². The zero-order valence-electron chi connectivity index (χ0n) is 16.0. The molecule has 1 amide bonds. The highest BCUT2D eigenvalue weighted by molar-refractivity contribution is 6.01. The Morgan fingerprint density at radius 3 is 2.59 bits per heavy atom. The van der Waals surface area contributed by atoms with Gasteiger partial charge >= 0.3 is 0 Å². The second-order valence-corrected chi connectivity index (χ2v) is 7.86.